The fraction of sp³-hybridized carbons (Fsp3) is 0.680. The molecule has 0 radical (unpaired) electrons. The number of rotatable bonds is 8. The van der Waals surface area contributed by atoms with Gasteiger partial charge in [0.15, 0.2) is 0 Å². The Hall–Kier alpha value is -1.45. The van der Waals surface area contributed by atoms with Gasteiger partial charge in [0.2, 0.25) is 5.91 Å². The summed E-state index contributed by atoms with van der Waals surface area (Å²) in [5.41, 5.74) is 2.45. The van der Waals surface area contributed by atoms with Crippen molar-refractivity contribution in [2.24, 2.45) is 5.92 Å². The second-order valence-electron chi connectivity index (χ2n) is 8.43. The van der Waals surface area contributed by atoms with Crippen LogP contribution in [0.1, 0.15) is 70.9 Å². The summed E-state index contributed by atoms with van der Waals surface area (Å²) in [5.74, 6) is 0.557. The summed E-state index contributed by atoms with van der Waals surface area (Å²) in [6.45, 7) is 11.0. The minimum absolute atomic E-state index is 0.139. The van der Waals surface area contributed by atoms with E-state index >= 15 is 0 Å². The van der Waals surface area contributed by atoms with Gasteiger partial charge in [-0.25, -0.2) is 0 Å². The Labute approximate surface area is 191 Å². The number of fused-ring (bicyclic) bond motifs is 1. The van der Waals surface area contributed by atoms with Gasteiger partial charge in [-0.3, -0.25) is 14.3 Å². The van der Waals surface area contributed by atoms with E-state index < -0.39 is 6.04 Å². The van der Waals surface area contributed by atoms with Gasteiger partial charge in [-0.15, -0.1) is 0 Å². The number of hydrogen-bond acceptors (Lipinski definition) is 4. The van der Waals surface area contributed by atoms with Crippen LogP contribution in [0.15, 0.2) is 24.3 Å². The van der Waals surface area contributed by atoms with Gasteiger partial charge in [-0.1, -0.05) is 53.9 Å². The van der Waals surface area contributed by atoms with E-state index in [9.17, 15) is 9.59 Å². The monoisotopic (exact) mass is 448 g/mol. The van der Waals surface area contributed by atoms with Gasteiger partial charge in [0.05, 0.1) is 12.6 Å². The zero-order chi connectivity index (χ0) is 23.0. The van der Waals surface area contributed by atoms with Crippen LogP contribution in [0.2, 0.25) is 0 Å². The second kappa shape index (κ2) is 12.6. The average Bonchev–Trinajstić information content (AvgIpc) is 3.39. The molecule has 2 fully saturated rings. The van der Waals surface area contributed by atoms with Crippen molar-refractivity contribution >= 4 is 21.3 Å². The lowest BCUT2D eigenvalue weighted by atomic mass is 10.0. The number of benzene rings is 1. The van der Waals surface area contributed by atoms with Crippen LogP contribution in [0.4, 0.5) is 0 Å². The normalized spacial score (nSPS) is 21.8. The van der Waals surface area contributed by atoms with Crippen molar-refractivity contribution in [2.45, 2.75) is 91.3 Å². The largest absolute Gasteiger partial charge is 0.465 e. The summed E-state index contributed by atoms with van der Waals surface area (Å²) in [6.07, 6.45) is 6.10. The van der Waals surface area contributed by atoms with Crippen LogP contribution in [0.5, 0.6) is 0 Å². The fourth-order valence-corrected chi connectivity index (χ4v) is 5.35. The number of hydrogen-bond donors (Lipinski definition) is 0. The Morgan fingerprint density at radius 1 is 1.23 bits per heavy atom. The van der Waals surface area contributed by atoms with Gasteiger partial charge < -0.3 is 9.64 Å². The number of aryl methyl sites for hydroxylation is 2. The van der Waals surface area contributed by atoms with E-state index in [1.54, 1.807) is 0 Å². The van der Waals surface area contributed by atoms with Gasteiger partial charge in [-0.2, -0.15) is 0 Å². The highest BCUT2D eigenvalue weighted by Crippen LogP contribution is 2.38. The van der Waals surface area contributed by atoms with Crippen molar-refractivity contribution in [1.29, 1.82) is 0 Å². The zero-order valence-corrected chi connectivity index (χ0v) is 21.1. The summed E-state index contributed by atoms with van der Waals surface area (Å²) in [7, 11) is 2.64. The maximum absolute atomic E-state index is 13.3. The topological polar surface area (TPSA) is 49.9 Å². The summed E-state index contributed by atoms with van der Waals surface area (Å²) in [4.78, 5) is 28.1. The SMILES string of the molecule is CC.CCOC(=O)C(CCc1ccccc1C)N(P)C(C)C(=O)N1CCC2CCCC21. The first-order chi connectivity index (χ1) is 14.9. The average molecular weight is 449 g/mol. The van der Waals surface area contributed by atoms with E-state index in [2.05, 4.69) is 33.3 Å². The number of carbonyl (C=O) groups excluding carboxylic acids is 2. The van der Waals surface area contributed by atoms with E-state index in [4.69, 9.17) is 4.74 Å². The predicted octanol–water partition coefficient (Wildman–Crippen LogP) is 4.77. The van der Waals surface area contributed by atoms with Crippen LogP contribution < -0.4 is 0 Å². The molecule has 1 saturated heterocycles. The first-order valence-corrected chi connectivity index (χ1v) is 12.5. The number of amides is 1. The molecule has 1 heterocycles. The first kappa shape index (κ1) is 25.8. The fourth-order valence-electron chi connectivity index (χ4n) is 4.96. The number of nitrogens with zero attached hydrogens (tertiary/aromatic N) is 2. The molecule has 6 heteroatoms. The molecule has 2 aliphatic rings. The van der Waals surface area contributed by atoms with Crippen LogP contribution in [0.3, 0.4) is 0 Å². The molecule has 0 bridgehead atoms. The number of likely N-dealkylation sites (tertiary alicyclic amines) is 1. The van der Waals surface area contributed by atoms with Crippen molar-refractivity contribution in [3.8, 4) is 0 Å². The maximum atomic E-state index is 13.3. The molecule has 1 amide bonds. The van der Waals surface area contributed by atoms with Crippen LogP contribution in [-0.4, -0.2) is 52.7 Å². The number of ether oxygens (including phenoxy) is 1. The molecule has 5 nitrogen and oxygen atoms in total. The first-order valence-electron chi connectivity index (χ1n) is 12.0. The van der Waals surface area contributed by atoms with Gasteiger partial charge in [0, 0.05) is 12.6 Å². The number of carbonyl (C=O) groups is 2. The van der Waals surface area contributed by atoms with Crippen LogP contribution in [-0.2, 0) is 20.7 Å². The lowest BCUT2D eigenvalue weighted by molar-refractivity contribution is -0.149. The molecule has 1 saturated carbocycles. The molecule has 5 atom stereocenters. The van der Waals surface area contributed by atoms with Crippen molar-refractivity contribution in [1.82, 2.24) is 9.57 Å². The summed E-state index contributed by atoms with van der Waals surface area (Å²) in [5, 5.41) is 0. The van der Waals surface area contributed by atoms with Crippen molar-refractivity contribution in [3.05, 3.63) is 35.4 Å². The molecule has 0 N–H and O–H groups in total. The molecule has 31 heavy (non-hydrogen) atoms. The van der Waals surface area contributed by atoms with Crippen molar-refractivity contribution in [2.75, 3.05) is 13.2 Å². The van der Waals surface area contributed by atoms with Gasteiger partial charge in [-0.05, 0) is 69.9 Å². The standard InChI is InChI=1S/C23H35N2O3P.C2H6/c1-4-28-23(27)21(13-12-18-9-6-5-8-16(18)2)25(29)17(3)22(26)24-15-14-19-10-7-11-20(19)24;1-2/h5-6,8-9,17,19-21H,4,7,10-15,29H2,1-3H3;1-2H3. The smallest absolute Gasteiger partial charge is 0.323 e. The molecule has 0 aromatic heterocycles. The summed E-state index contributed by atoms with van der Waals surface area (Å²) < 4.78 is 7.20. The minimum atomic E-state index is -0.458. The lowest BCUT2D eigenvalue weighted by Crippen LogP contribution is -2.50. The zero-order valence-electron chi connectivity index (χ0n) is 20.0. The molecule has 3 rings (SSSR count). The van der Waals surface area contributed by atoms with Gasteiger partial charge in [0.1, 0.15) is 6.04 Å². The van der Waals surface area contributed by atoms with Gasteiger partial charge in [0.25, 0.3) is 0 Å². The minimum Gasteiger partial charge on any atom is -0.465 e. The highest BCUT2D eigenvalue weighted by atomic mass is 31.0. The van der Waals surface area contributed by atoms with E-state index in [-0.39, 0.29) is 17.9 Å². The molecule has 1 aromatic carbocycles. The van der Waals surface area contributed by atoms with E-state index in [1.807, 2.05) is 44.5 Å². The quantitative estimate of drug-likeness (QED) is 0.425. The predicted molar refractivity (Wildman–Crippen MR) is 130 cm³/mol. The molecule has 174 valence electrons. The number of esters is 1. The molecular weight excluding hydrogens is 407 g/mol. The molecule has 0 spiro atoms. The highest BCUT2D eigenvalue weighted by Gasteiger charge is 2.42. The molecule has 1 aromatic rings. The van der Waals surface area contributed by atoms with E-state index in [1.165, 1.54) is 24.0 Å². The summed E-state index contributed by atoms with van der Waals surface area (Å²) >= 11 is 0. The third-order valence-corrected chi connectivity index (χ3v) is 7.52. The van der Waals surface area contributed by atoms with E-state index in [0.29, 0.717) is 25.0 Å². The third kappa shape index (κ3) is 6.29. The Balaban J connectivity index is 0.00000166. The molecule has 1 aliphatic heterocycles. The van der Waals surface area contributed by atoms with Crippen molar-refractivity contribution < 1.29 is 14.3 Å². The van der Waals surface area contributed by atoms with Crippen LogP contribution in [0.25, 0.3) is 0 Å². The molecule has 5 unspecified atom stereocenters. The summed E-state index contributed by atoms with van der Waals surface area (Å²) in [6, 6.07) is 7.81. The Morgan fingerprint density at radius 3 is 2.61 bits per heavy atom. The Bertz CT molecular complexity index is 726. The molecular formula is C25H41N2O3P. The Morgan fingerprint density at radius 2 is 1.94 bits per heavy atom. The lowest BCUT2D eigenvalue weighted by Gasteiger charge is -2.34. The molecule has 1 aliphatic carbocycles. The van der Waals surface area contributed by atoms with E-state index in [0.717, 1.165) is 25.8 Å². The second-order valence-corrected chi connectivity index (χ2v) is 9.03. The van der Waals surface area contributed by atoms with Crippen LogP contribution in [0, 0.1) is 12.8 Å². The maximum Gasteiger partial charge on any atom is 0.323 e. The third-order valence-electron chi connectivity index (χ3n) is 6.71. The van der Waals surface area contributed by atoms with Crippen LogP contribution >= 0.6 is 9.39 Å². The van der Waals surface area contributed by atoms with Crippen molar-refractivity contribution in [3.63, 3.8) is 0 Å². The van der Waals surface area contributed by atoms with Gasteiger partial charge >= 0.3 is 5.97 Å². The highest BCUT2D eigenvalue weighted by molar-refractivity contribution is 7.13. The Kier molecular flexibility index (Phi) is 10.4.